The molecule has 0 aliphatic carbocycles. The summed E-state index contributed by atoms with van der Waals surface area (Å²) < 4.78 is 26.5. The van der Waals surface area contributed by atoms with Gasteiger partial charge in [-0.15, -0.1) is 0 Å². The predicted octanol–water partition coefficient (Wildman–Crippen LogP) is 5.97. The van der Waals surface area contributed by atoms with Crippen LogP contribution in [0.2, 0.25) is 0 Å². The van der Waals surface area contributed by atoms with Crippen LogP contribution in [0.25, 0.3) is 11.3 Å². The second kappa shape index (κ2) is 11.9. The van der Waals surface area contributed by atoms with E-state index in [1.807, 2.05) is 12.1 Å². The van der Waals surface area contributed by atoms with Gasteiger partial charge in [-0.2, -0.15) is 0 Å². The van der Waals surface area contributed by atoms with E-state index in [9.17, 15) is 14.4 Å². The first kappa shape index (κ1) is 29.0. The van der Waals surface area contributed by atoms with Gasteiger partial charge in [0.15, 0.2) is 11.6 Å². The van der Waals surface area contributed by atoms with Crippen molar-refractivity contribution in [1.82, 2.24) is 15.2 Å². The van der Waals surface area contributed by atoms with Crippen LogP contribution in [0.5, 0.6) is 11.6 Å². The molecule has 10 heteroatoms. The van der Waals surface area contributed by atoms with Gasteiger partial charge in [0.2, 0.25) is 11.8 Å². The molecule has 0 unspecified atom stereocenters. The van der Waals surface area contributed by atoms with Gasteiger partial charge in [0.25, 0.3) is 5.91 Å². The number of para-hydroxylation sites is 2. The van der Waals surface area contributed by atoms with Gasteiger partial charge >= 0.3 is 6.03 Å². The van der Waals surface area contributed by atoms with Crippen LogP contribution in [0.3, 0.4) is 0 Å². The zero-order chi connectivity index (χ0) is 30.8. The molecule has 6 rings (SSSR count). The summed E-state index contributed by atoms with van der Waals surface area (Å²) in [5, 5.41) is 5.09. The summed E-state index contributed by atoms with van der Waals surface area (Å²) in [7, 11) is 0. The average Bonchev–Trinajstić information content (AvgIpc) is 3.04. The van der Waals surface area contributed by atoms with E-state index in [1.54, 1.807) is 85.5 Å². The molecule has 9 nitrogen and oxygen atoms in total. The standard InChI is InChI=1S/C34H31FN4O5/c1-34(2,32(41)38-33(42)36-23-7-4-3-5-8-23)28-24-9-6-10-26(35)29(24)44-30-25(28)15-16-27(37-30)21-11-13-22(14-12-21)31(40)39-17-19-43-20-18-39/h3-16,28H,17-20H2,1-2H3,(H2,36,38,41,42)/t28-/m0/s1. The van der Waals surface area contributed by atoms with Crippen LogP contribution in [-0.4, -0.2) is 54.0 Å². The Kier molecular flexibility index (Phi) is 7.84. The molecule has 3 heterocycles. The number of halogens is 1. The maximum absolute atomic E-state index is 15.1. The number of urea groups is 1. The van der Waals surface area contributed by atoms with E-state index >= 15 is 4.39 Å². The number of fused-ring (bicyclic) bond motifs is 2. The fraction of sp³-hybridized carbons (Fsp3) is 0.235. The van der Waals surface area contributed by atoms with Crippen molar-refractivity contribution in [2.24, 2.45) is 5.41 Å². The number of rotatable bonds is 5. The molecule has 1 aromatic heterocycles. The molecule has 224 valence electrons. The number of hydrogen-bond donors (Lipinski definition) is 2. The number of hydrogen-bond acceptors (Lipinski definition) is 6. The van der Waals surface area contributed by atoms with Crippen molar-refractivity contribution in [2.45, 2.75) is 19.8 Å². The largest absolute Gasteiger partial charge is 0.435 e. The minimum atomic E-state index is -1.22. The van der Waals surface area contributed by atoms with Crippen LogP contribution in [0.4, 0.5) is 14.9 Å². The van der Waals surface area contributed by atoms with Gasteiger partial charge in [0, 0.05) is 46.9 Å². The monoisotopic (exact) mass is 594 g/mol. The Hall–Kier alpha value is -5.09. The van der Waals surface area contributed by atoms with Crippen molar-refractivity contribution in [3.8, 4) is 22.9 Å². The summed E-state index contributed by atoms with van der Waals surface area (Å²) in [6.07, 6.45) is 0. The maximum atomic E-state index is 15.1. The summed E-state index contributed by atoms with van der Waals surface area (Å²) in [6.45, 7) is 5.54. The predicted molar refractivity (Wildman–Crippen MR) is 162 cm³/mol. The normalized spacial score (nSPS) is 15.8. The average molecular weight is 595 g/mol. The molecule has 0 spiro atoms. The highest BCUT2D eigenvalue weighted by Gasteiger charge is 2.45. The number of pyridine rings is 1. The number of nitrogens with one attached hydrogen (secondary N) is 2. The lowest BCUT2D eigenvalue weighted by Gasteiger charge is -2.37. The molecule has 1 saturated heterocycles. The van der Waals surface area contributed by atoms with Crippen molar-refractivity contribution >= 4 is 23.5 Å². The summed E-state index contributed by atoms with van der Waals surface area (Å²) in [4.78, 5) is 45.6. The fourth-order valence-electron chi connectivity index (χ4n) is 5.63. The summed E-state index contributed by atoms with van der Waals surface area (Å²) in [5.41, 5.74) is 2.22. The number of carbonyl (C=O) groups is 3. The molecule has 2 N–H and O–H groups in total. The lowest BCUT2D eigenvalue weighted by molar-refractivity contribution is -0.128. The van der Waals surface area contributed by atoms with E-state index in [0.717, 1.165) is 5.56 Å². The number of benzene rings is 3. The second-order valence-electron chi connectivity index (χ2n) is 11.3. The molecule has 4 amide bonds. The Morgan fingerprint density at radius 2 is 1.61 bits per heavy atom. The molecule has 2 aliphatic heterocycles. The van der Waals surface area contributed by atoms with E-state index in [2.05, 4.69) is 10.6 Å². The molecule has 1 fully saturated rings. The number of amides is 4. The van der Waals surface area contributed by atoms with Gasteiger partial charge in [-0.25, -0.2) is 14.2 Å². The molecule has 0 saturated carbocycles. The van der Waals surface area contributed by atoms with Crippen LogP contribution in [0.1, 0.15) is 41.3 Å². The zero-order valence-corrected chi connectivity index (χ0v) is 24.3. The Morgan fingerprint density at radius 1 is 0.886 bits per heavy atom. The molecular weight excluding hydrogens is 563 g/mol. The Bertz CT molecular complexity index is 1720. The highest BCUT2D eigenvalue weighted by atomic mass is 19.1. The minimum Gasteiger partial charge on any atom is -0.435 e. The van der Waals surface area contributed by atoms with Crippen LogP contribution in [-0.2, 0) is 9.53 Å². The smallest absolute Gasteiger partial charge is 0.325 e. The van der Waals surface area contributed by atoms with Gasteiger partial charge in [-0.3, -0.25) is 14.9 Å². The number of anilines is 1. The van der Waals surface area contributed by atoms with Gasteiger partial charge in [0.1, 0.15) is 0 Å². The number of imide groups is 1. The topological polar surface area (TPSA) is 110 Å². The van der Waals surface area contributed by atoms with E-state index in [0.29, 0.717) is 54.4 Å². The molecular formula is C34H31FN4O5. The van der Waals surface area contributed by atoms with Gasteiger partial charge < -0.3 is 19.7 Å². The van der Waals surface area contributed by atoms with E-state index in [1.165, 1.54) is 6.07 Å². The number of morpholine rings is 1. The Labute approximate surface area is 254 Å². The Morgan fingerprint density at radius 3 is 2.34 bits per heavy atom. The quantitative estimate of drug-likeness (QED) is 0.295. The summed E-state index contributed by atoms with van der Waals surface area (Å²) >= 11 is 0. The Balaban J connectivity index is 1.29. The van der Waals surface area contributed by atoms with Gasteiger partial charge in [-0.05, 0) is 36.4 Å². The first-order chi connectivity index (χ1) is 21.2. The van der Waals surface area contributed by atoms with E-state index < -0.39 is 29.1 Å². The minimum absolute atomic E-state index is 0.0179. The van der Waals surface area contributed by atoms with Crippen molar-refractivity contribution in [3.63, 3.8) is 0 Å². The summed E-state index contributed by atoms with van der Waals surface area (Å²) in [5.74, 6) is -1.74. The molecule has 1 atom stereocenters. The van der Waals surface area contributed by atoms with Crippen LogP contribution in [0, 0.1) is 11.2 Å². The van der Waals surface area contributed by atoms with Crippen molar-refractivity contribution < 1.29 is 28.2 Å². The van der Waals surface area contributed by atoms with E-state index in [4.69, 9.17) is 14.5 Å². The first-order valence-electron chi connectivity index (χ1n) is 14.3. The number of nitrogens with zero attached hydrogens (tertiary/aromatic N) is 2. The SMILES string of the molecule is CC(C)(C(=O)NC(=O)Nc1ccccc1)[C@@H]1c2ccc(-c3ccc(C(=O)N4CCOCC4)cc3)nc2Oc2c(F)cccc21. The van der Waals surface area contributed by atoms with Crippen molar-refractivity contribution in [1.29, 1.82) is 0 Å². The number of carbonyl (C=O) groups excluding carboxylic acids is 3. The lowest BCUT2D eigenvalue weighted by Crippen LogP contribution is -2.46. The molecule has 4 aromatic rings. The van der Waals surface area contributed by atoms with Gasteiger partial charge in [-0.1, -0.05) is 62.4 Å². The first-order valence-corrected chi connectivity index (χ1v) is 14.3. The molecule has 0 bridgehead atoms. The van der Waals surface area contributed by atoms with Crippen LogP contribution in [0.15, 0.2) is 84.9 Å². The molecule has 44 heavy (non-hydrogen) atoms. The van der Waals surface area contributed by atoms with Crippen molar-refractivity contribution in [2.75, 3.05) is 31.6 Å². The highest BCUT2D eigenvalue weighted by Crippen LogP contribution is 2.52. The number of ether oxygens (including phenoxy) is 2. The van der Waals surface area contributed by atoms with Crippen molar-refractivity contribution in [3.05, 3.63) is 107 Å². The molecule has 3 aromatic carbocycles. The number of aromatic nitrogens is 1. The van der Waals surface area contributed by atoms with Crippen LogP contribution < -0.4 is 15.4 Å². The fourth-order valence-corrected chi connectivity index (χ4v) is 5.63. The lowest BCUT2D eigenvalue weighted by atomic mass is 9.69. The highest BCUT2D eigenvalue weighted by molar-refractivity contribution is 6.03. The summed E-state index contributed by atoms with van der Waals surface area (Å²) in [6, 6.07) is 23.4. The van der Waals surface area contributed by atoms with E-state index in [-0.39, 0.29) is 17.5 Å². The van der Waals surface area contributed by atoms with Gasteiger partial charge in [0.05, 0.1) is 24.3 Å². The zero-order valence-electron chi connectivity index (χ0n) is 24.3. The van der Waals surface area contributed by atoms with Crippen LogP contribution >= 0.6 is 0 Å². The second-order valence-corrected chi connectivity index (χ2v) is 11.3. The third-order valence-corrected chi connectivity index (χ3v) is 8.00. The third-order valence-electron chi connectivity index (χ3n) is 8.00. The molecule has 0 radical (unpaired) electrons. The maximum Gasteiger partial charge on any atom is 0.325 e. The third kappa shape index (κ3) is 5.63. The molecule has 2 aliphatic rings.